The Bertz CT molecular complexity index is 474. The summed E-state index contributed by atoms with van der Waals surface area (Å²) in [6.07, 6.45) is -0.825. The number of carbonyl (C=O) groups is 2. The predicted molar refractivity (Wildman–Crippen MR) is 75.5 cm³/mol. The van der Waals surface area contributed by atoms with Crippen molar-refractivity contribution in [3.63, 3.8) is 0 Å². The van der Waals surface area contributed by atoms with Gasteiger partial charge < -0.3 is 14.3 Å². The van der Waals surface area contributed by atoms with Gasteiger partial charge in [-0.3, -0.25) is 4.79 Å². The van der Waals surface area contributed by atoms with Gasteiger partial charge in [-0.2, -0.15) is 0 Å². The number of aryl methyl sites for hydroxylation is 1. The van der Waals surface area contributed by atoms with E-state index in [2.05, 4.69) is 0 Å². The maximum absolute atomic E-state index is 12.0. The van der Waals surface area contributed by atoms with Gasteiger partial charge in [0.05, 0.1) is 33.1 Å². The Labute approximate surface area is 119 Å². The van der Waals surface area contributed by atoms with E-state index in [9.17, 15) is 9.59 Å². The van der Waals surface area contributed by atoms with E-state index in [0.717, 1.165) is 5.56 Å². The summed E-state index contributed by atoms with van der Waals surface area (Å²) in [5.74, 6) is -1.45. The molecule has 1 unspecified atom stereocenters. The molecule has 1 N–H and O–H groups in total. The molecule has 1 aromatic carbocycles. The van der Waals surface area contributed by atoms with Gasteiger partial charge in [-0.15, -0.1) is 0 Å². The van der Waals surface area contributed by atoms with Crippen molar-refractivity contribution >= 4 is 11.9 Å². The number of hydrogen-bond acceptors (Lipinski definition) is 3. The molecule has 5 heteroatoms. The number of hydrogen-bond donors (Lipinski definition) is 1. The first kappa shape index (κ1) is 16.2. The van der Waals surface area contributed by atoms with E-state index in [1.807, 2.05) is 40.2 Å². The van der Waals surface area contributed by atoms with Gasteiger partial charge in [-0.1, -0.05) is 17.7 Å². The third-order valence-corrected chi connectivity index (χ3v) is 2.71. The molecule has 0 saturated heterocycles. The zero-order valence-corrected chi connectivity index (χ0v) is 12.4. The fourth-order valence-corrected chi connectivity index (χ4v) is 1.86. The summed E-state index contributed by atoms with van der Waals surface area (Å²) in [7, 11) is 5.78. The number of benzene rings is 1. The molecule has 0 heterocycles. The van der Waals surface area contributed by atoms with Gasteiger partial charge in [0.15, 0.2) is 6.10 Å². The zero-order valence-electron chi connectivity index (χ0n) is 12.4. The van der Waals surface area contributed by atoms with E-state index in [1.54, 1.807) is 12.1 Å². The lowest BCUT2D eigenvalue weighted by Gasteiger charge is -2.28. The van der Waals surface area contributed by atoms with Crippen LogP contribution in [0.2, 0.25) is 0 Å². The topological polar surface area (TPSA) is 63.6 Å². The molecular formula is C15H22NO4+. The number of carboxylic acids is 1. The summed E-state index contributed by atoms with van der Waals surface area (Å²) in [5.41, 5.74) is 1.49. The monoisotopic (exact) mass is 280 g/mol. The van der Waals surface area contributed by atoms with Gasteiger partial charge in [0.25, 0.3) is 0 Å². The summed E-state index contributed by atoms with van der Waals surface area (Å²) in [6.45, 7) is 2.38. The van der Waals surface area contributed by atoms with Crippen LogP contribution in [0.15, 0.2) is 24.3 Å². The Kier molecular flexibility index (Phi) is 5.27. The number of ether oxygens (including phenoxy) is 1. The summed E-state index contributed by atoms with van der Waals surface area (Å²) >= 11 is 0. The number of nitrogens with zero attached hydrogens (tertiary/aromatic N) is 1. The van der Waals surface area contributed by atoms with Crippen molar-refractivity contribution in [2.45, 2.75) is 19.4 Å². The van der Waals surface area contributed by atoms with Crippen LogP contribution in [0.4, 0.5) is 0 Å². The highest BCUT2D eigenvalue weighted by molar-refractivity contribution is 5.89. The summed E-state index contributed by atoms with van der Waals surface area (Å²) in [5, 5.41) is 8.90. The van der Waals surface area contributed by atoms with Crippen molar-refractivity contribution in [2.24, 2.45) is 0 Å². The zero-order chi connectivity index (χ0) is 15.3. The van der Waals surface area contributed by atoms with Crippen molar-refractivity contribution in [3.05, 3.63) is 35.4 Å². The summed E-state index contributed by atoms with van der Waals surface area (Å²) < 4.78 is 5.85. The van der Waals surface area contributed by atoms with Crippen LogP contribution in [0.5, 0.6) is 0 Å². The maximum Gasteiger partial charge on any atom is 0.338 e. The highest BCUT2D eigenvalue weighted by Gasteiger charge is 2.25. The first-order chi connectivity index (χ1) is 9.17. The van der Waals surface area contributed by atoms with E-state index in [0.29, 0.717) is 16.6 Å². The van der Waals surface area contributed by atoms with Crippen LogP contribution in [-0.4, -0.2) is 55.3 Å². The predicted octanol–water partition coefficient (Wildman–Crippen LogP) is 1.70. The standard InChI is InChI=1S/C15H21NO4/c1-11-5-7-12(8-6-11)15(19)20-13(9-14(17)18)10-16(2,3)4/h5-8,13H,9-10H2,1-4H3/p+1. The molecule has 1 aromatic rings. The number of carboxylic acid groups (broad SMARTS) is 1. The van der Waals surface area contributed by atoms with Crippen LogP contribution in [0.25, 0.3) is 0 Å². The molecule has 0 aromatic heterocycles. The van der Waals surface area contributed by atoms with E-state index < -0.39 is 18.0 Å². The van der Waals surface area contributed by atoms with Crippen LogP contribution in [0.1, 0.15) is 22.3 Å². The molecule has 0 fully saturated rings. The molecule has 0 radical (unpaired) electrons. The molecule has 20 heavy (non-hydrogen) atoms. The van der Waals surface area contributed by atoms with E-state index >= 15 is 0 Å². The SMILES string of the molecule is Cc1ccc(C(=O)OC(CC(=O)O)C[N+](C)(C)C)cc1. The second kappa shape index (κ2) is 6.52. The lowest BCUT2D eigenvalue weighted by atomic mass is 10.1. The van der Waals surface area contributed by atoms with Gasteiger partial charge in [-0.25, -0.2) is 4.79 Å². The van der Waals surface area contributed by atoms with Crippen LogP contribution in [0, 0.1) is 6.92 Å². The quantitative estimate of drug-likeness (QED) is 0.636. The smallest absolute Gasteiger partial charge is 0.338 e. The van der Waals surface area contributed by atoms with Crippen LogP contribution >= 0.6 is 0 Å². The Morgan fingerprint density at radius 3 is 2.20 bits per heavy atom. The molecule has 0 aliphatic heterocycles. The number of aliphatic carboxylic acids is 1. The van der Waals surface area contributed by atoms with Crippen molar-refractivity contribution in [1.29, 1.82) is 0 Å². The second-order valence-electron chi connectivity index (χ2n) is 5.96. The Balaban J connectivity index is 2.75. The number of quaternary nitrogens is 1. The summed E-state index contributed by atoms with van der Waals surface area (Å²) in [4.78, 5) is 22.9. The van der Waals surface area contributed by atoms with Crippen LogP contribution in [-0.2, 0) is 9.53 Å². The minimum Gasteiger partial charge on any atom is -0.481 e. The third-order valence-electron chi connectivity index (χ3n) is 2.71. The average molecular weight is 280 g/mol. The molecule has 0 aliphatic rings. The number of rotatable bonds is 6. The molecule has 0 bridgehead atoms. The number of esters is 1. The number of carbonyl (C=O) groups excluding carboxylic acids is 1. The maximum atomic E-state index is 12.0. The van der Waals surface area contributed by atoms with Gasteiger partial charge in [0.1, 0.15) is 6.54 Å². The van der Waals surface area contributed by atoms with E-state index in [4.69, 9.17) is 9.84 Å². The minimum absolute atomic E-state index is 0.187. The normalized spacial score (nSPS) is 12.8. The largest absolute Gasteiger partial charge is 0.481 e. The van der Waals surface area contributed by atoms with Crippen molar-refractivity contribution in [2.75, 3.05) is 27.7 Å². The molecule has 110 valence electrons. The third kappa shape index (κ3) is 5.84. The van der Waals surface area contributed by atoms with Crippen molar-refractivity contribution in [3.8, 4) is 0 Å². The Morgan fingerprint density at radius 2 is 1.75 bits per heavy atom. The molecule has 0 saturated carbocycles. The first-order valence-corrected chi connectivity index (χ1v) is 6.47. The van der Waals surface area contributed by atoms with Crippen LogP contribution < -0.4 is 0 Å². The highest BCUT2D eigenvalue weighted by atomic mass is 16.5. The van der Waals surface area contributed by atoms with Gasteiger partial charge in [0, 0.05) is 0 Å². The van der Waals surface area contributed by atoms with Crippen molar-refractivity contribution in [1.82, 2.24) is 0 Å². The Hall–Kier alpha value is -1.88. The van der Waals surface area contributed by atoms with E-state index in [1.165, 1.54) is 0 Å². The van der Waals surface area contributed by atoms with Gasteiger partial charge in [0.2, 0.25) is 0 Å². The second-order valence-corrected chi connectivity index (χ2v) is 5.96. The van der Waals surface area contributed by atoms with Gasteiger partial charge >= 0.3 is 11.9 Å². The molecule has 1 rings (SSSR count). The van der Waals surface area contributed by atoms with Crippen molar-refractivity contribution < 1.29 is 23.9 Å². The molecule has 1 atom stereocenters. The Morgan fingerprint density at radius 1 is 1.20 bits per heavy atom. The molecule has 0 amide bonds. The number of likely N-dealkylation sites (N-methyl/N-ethyl adjacent to an activating group) is 1. The van der Waals surface area contributed by atoms with Gasteiger partial charge in [-0.05, 0) is 19.1 Å². The lowest BCUT2D eigenvalue weighted by molar-refractivity contribution is -0.873. The van der Waals surface area contributed by atoms with E-state index in [-0.39, 0.29) is 6.42 Å². The fourth-order valence-electron chi connectivity index (χ4n) is 1.86. The molecular weight excluding hydrogens is 258 g/mol. The van der Waals surface area contributed by atoms with Crippen LogP contribution in [0.3, 0.4) is 0 Å². The summed E-state index contributed by atoms with van der Waals surface area (Å²) in [6, 6.07) is 7.01. The lowest BCUT2D eigenvalue weighted by Crippen LogP contribution is -2.43. The molecule has 0 spiro atoms. The average Bonchev–Trinajstić information content (AvgIpc) is 2.26. The highest BCUT2D eigenvalue weighted by Crippen LogP contribution is 2.10. The fraction of sp³-hybridized carbons (Fsp3) is 0.467. The molecule has 5 nitrogen and oxygen atoms in total. The minimum atomic E-state index is -0.972. The first-order valence-electron chi connectivity index (χ1n) is 6.47. The molecule has 0 aliphatic carbocycles.